The molecule has 0 saturated heterocycles. The molecule has 0 bridgehead atoms. The van der Waals surface area contributed by atoms with Crippen molar-refractivity contribution >= 4 is 0 Å². The summed E-state index contributed by atoms with van der Waals surface area (Å²) in [5.74, 6) is 0. The third-order valence-electron chi connectivity index (χ3n) is 4.15. The van der Waals surface area contributed by atoms with Gasteiger partial charge in [-0.1, -0.05) is 90.4 Å². The maximum Gasteiger partial charge on any atom is 0.104 e. The molecule has 3 nitrogen and oxygen atoms in total. The molecule has 0 amide bonds. The number of aliphatic hydroxyl groups is 2. The zero-order valence-corrected chi connectivity index (χ0v) is 14.2. The van der Waals surface area contributed by atoms with Crippen molar-refractivity contribution in [3.63, 3.8) is 0 Å². The minimum absolute atomic E-state index is 0.304. The molecule has 0 saturated carbocycles. The first-order valence-corrected chi connectivity index (χ1v) is 9.28. The number of aliphatic hydroxyl groups excluding tert-OH is 2. The van der Waals surface area contributed by atoms with Crippen LogP contribution >= 0.6 is 0 Å². The third kappa shape index (κ3) is 17.8. The third-order valence-corrected chi connectivity index (χ3v) is 4.15. The summed E-state index contributed by atoms with van der Waals surface area (Å²) in [6.45, 7) is 2.27. The molecule has 0 aromatic carbocycles. The van der Waals surface area contributed by atoms with E-state index in [2.05, 4.69) is 6.92 Å². The Morgan fingerprint density at radius 2 is 1.05 bits per heavy atom. The topological polar surface area (TPSA) is 66.5 Å². The summed E-state index contributed by atoms with van der Waals surface area (Å²) in [6.07, 6.45) is 17.2. The van der Waals surface area contributed by atoms with Crippen molar-refractivity contribution in [1.82, 2.24) is 0 Å². The lowest BCUT2D eigenvalue weighted by Crippen LogP contribution is -2.25. The molecule has 2 unspecified atom stereocenters. The first kappa shape index (κ1) is 20.9. The summed E-state index contributed by atoms with van der Waals surface area (Å²) >= 11 is 0. The van der Waals surface area contributed by atoms with E-state index in [1.54, 1.807) is 0 Å². The highest BCUT2D eigenvalue weighted by Gasteiger charge is 2.07. The number of unbranched alkanes of at least 4 members (excludes halogenated alkanes) is 12. The smallest absolute Gasteiger partial charge is 0.104 e. The monoisotopic (exact) mass is 301 g/mol. The fraction of sp³-hybridized carbons (Fsp3) is 1.00. The quantitative estimate of drug-likeness (QED) is 0.290. The molecular weight excluding hydrogens is 262 g/mol. The van der Waals surface area contributed by atoms with Crippen molar-refractivity contribution in [2.24, 2.45) is 5.73 Å². The molecule has 2 atom stereocenters. The van der Waals surface area contributed by atoms with Crippen LogP contribution in [0.25, 0.3) is 0 Å². The molecule has 0 rings (SSSR count). The van der Waals surface area contributed by atoms with Crippen LogP contribution in [-0.2, 0) is 0 Å². The molecule has 0 heterocycles. The van der Waals surface area contributed by atoms with Crippen LogP contribution in [0.2, 0.25) is 0 Å². The van der Waals surface area contributed by atoms with Crippen LogP contribution in [0.5, 0.6) is 0 Å². The number of nitrogens with two attached hydrogens (primary N) is 1. The molecule has 0 fully saturated rings. The first-order chi connectivity index (χ1) is 10.2. The fourth-order valence-corrected chi connectivity index (χ4v) is 2.79. The molecule has 0 aliphatic rings. The number of hydrogen-bond donors (Lipinski definition) is 3. The Labute approximate surface area is 132 Å². The molecule has 0 aromatic rings. The minimum atomic E-state index is -0.873. The van der Waals surface area contributed by atoms with E-state index in [1.807, 2.05) is 0 Å². The van der Waals surface area contributed by atoms with Crippen LogP contribution in [0.15, 0.2) is 0 Å². The molecule has 21 heavy (non-hydrogen) atoms. The van der Waals surface area contributed by atoms with Gasteiger partial charge in [0.25, 0.3) is 0 Å². The molecule has 0 aliphatic carbocycles. The second-order valence-corrected chi connectivity index (χ2v) is 6.49. The van der Waals surface area contributed by atoms with Crippen molar-refractivity contribution < 1.29 is 10.2 Å². The van der Waals surface area contributed by atoms with E-state index in [0.717, 1.165) is 12.8 Å². The lowest BCUT2D eigenvalue weighted by molar-refractivity contribution is 0.0775. The second kappa shape index (κ2) is 16.3. The fourth-order valence-electron chi connectivity index (χ4n) is 2.79. The van der Waals surface area contributed by atoms with E-state index >= 15 is 0 Å². The predicted molar refractivity (Wildman–Crippen MR) is 91.1 cm³/mol. The normalized spacial score (nSPS) is 14.3. The van der Waals surface area contributed by atoms with Crippen LogP contribution in [0.1, 0.15) is 103 Å². The zero-order chi connectivity index (χ0) is 15.8. The maximum absolute atomic E-state index is 9.56. The molecule has 4 N–H and O–H groups in total. The van der Waals surface area contributed by atoms with Gasteiger partial charge in [-0.15, -0.1) is 0 Å². The maximum atomic E-state index is 9.56. The van der Waals surface area contributed by atoms with Crippen LogP contribution in [0.3, 0.4) is 0 Å². The second-order valence-electron chi connectivity index (χ2n) is 6.49. The average Bonchev–Trinajstić information content (AvgIpc) is 2.43. The highest BCUT2D eigenvalue weighted by atomic mass is 16.3. The van der Waals surface area contributed by atoms with Gasteiger partial charge in [-0.25, -0.2) is 0 Å². The van der Waals surface area contributed by atoms with Crippen LogP contribution in [0, 0.1) is 0 Å². The van der Waals surface area contributed by atoms with Gasteiger partial charge in [0, 0.05) is 6.42 Å². The van der Waals surface area contributed by atoms with Gasteiger partial charge < -0.3 is 15.9 Å². The molecule has 3 heteroatoms. The van der Waals surface area contributed by atoms with E-state index in [4.69, 9.17) is 10.8 Å². The summed E-state index contributed by atoms with van der Waals surface area (Å²) in [7, 11) is 0. The molecular formula is C18H39NO2. The van der Waals surface area contributed by atoms with Gasteiger partial charge in [0.15, 0.2) is 0 Å². The standard InChI is InChI=1S/C18H39NO2/c1-2-3-4-5-6-7-8-9-10-11-12-13-14-15-17(20)16-18(19)21/h17-18,20-21H,2-16,19H2,1H3. The van der Waals surface area contributed by atoms with Gasteiger partial charge in [-0.3, -0.25) is 0 Å². The Morgan fingerprint density at radius 3 is 1.43 bits per heavy atom. The summed E-state index contributed by atoms with van der Waals surface area (Å²) in [4.78, 5) is 0. The lowest BCUT2D eigenvalue weighted by Gasteiger charge is -2.11. The lowest BCUT2D eigenvalue weighted by atomic mass is 10.0. The van der Waals surface area contributed by atoms with Crippen LogP contribution in [0.4, 0.5) is 0 Å². The Balaban J connectivity index is 3.05. The first-order valence-electron chi connectivity index (χ1n) is 9.28. The summed E-state index contributed by atoms with van der Waals surface area (Å²) in [6, 6.07) is 0. The van der Waals surface area contributed by atoms with Crippen molar-refractivity contribution in [3.05, 3.63) is 0 Å². The van der Waals surface area contributed by atoms with Crippen molar-refractivity contribution in [2.75, 3.05) is 0 Å². The Kier molecular flexibility index (Phi) is 16.2. The number of rotatable bonds is 16. The molecule has 0 radical (unpaired) electrons. The van der Waals surface area contributed by atoms with E-state index in [0.29, 0.717) is 6.42 Å². The van der Waals surface area contributed by atoms with Crippen LogP contribution < -0.4 is 5.73 Å². The summed E-state index contributed by atoms with van der Waals surface area (Å²) in [5.41, 5.74) is 5.23. The Morgan fingerprint density at radius 1 is 0.667 bits per heavy atom. The van der Waals surface area contributed by atoms with Crippen molar-refractivity contribution in [3.8, 4) is 0 Å². The average molecular weight is 302 g/mol. The summed E-state index contributed by atoms with van der Waals surface area (Å²) < 4.78 is 0. The van der Waals surface area contributed by atoms with Gasteiger partial charge in [-0.2, -0.15) is 0 Å². The van der Waals surface area contributed by atoms with Gasteiger partial charge >= 0.3 is 0 Å². The molecule has 128 valence electrons. The predicted octanol–water partition coefficient (Wildman–Crippen LogP) is 4.50. The summed E-state index contributed by atoms with van der Waals surface area (Å²) in [5, 5.41) is 18.5. The van der Waals surface area contributed by atoms with Crippen molar-refractivity contribution in [2.45, 2.75) is 116 Å². The molecule has 0 aliphatic heterocycles. The highest BCUT2D eigenvalue weighted by molar-refractivity contribution is 4.59. The van der Waals surface area contributed by atoms with Gasteiger partial charge in [0.1, 0.15) is 6.23 Å². The molecule has 0 spiro atoms. The van der Waals surface area contributed by atoms with Gasteiger partial charge in [0.2, 0.25) is 0 Å². The Hall–Kier alpha value is -0.120. The van der Waals surface area contributed by atoms with E-state index in [-0.39, 0.29) is 0 Å². The van der Waals surface area contributed by atoms with Gasteiger partial charge in [0.05, 0.1) is 6.10 Å². The highest BCUT2D eigenvalue weighted by Crippen LogP contribution is 2.13. The van der Waals surface area contributed by atoms with E-state index in [9.17, 15) is 5.11 Å². The van der Waals surface area contributed by atoms with E-state index in [1.165, 1.54) is 77.0 Å². The van der Waals surface area contributed by atoms with Crippen molar-refractivity contribution in [1.29, 1.82) is 0 Å². The zero-order valence-electron chi connectivity index (χ0n) is 14.2. The van der Waals surface area contributed by atoms with Gasteiger partial charge in [-0.05, 0) is 6.42 Å². The number of hydrogen-bond acceptors (Lipinski definition) is 3. The largest absolute Gasteiger partial charge is 0.393 e. The Bertz CT molecular complexity index is 198. The molecule has 0 aromatic heterocycles. The van der Waals surface area contributed by atoms with E-state index < -0.39 is 12.3 Å². The SMILES string of the molecule is CCCCCCCCCCCCCCCC(O)CC(N)O. The van der Waals surface area contributed by atoms with Crippen LogP contribution in [-0.4, -0.2) is 22.5 Å². The minimum Gasteiger partial charge on any atom is -0.393 e.